The Balaban J connectivity index is 1.42. The average Bonchev–Trinajstić information content (AvgIpc) is 3.31. The molecule has 2 aromatic rings. The van der Waals surface area contributed by atoms with Gasteiger partial charge in [0.15, 0.2) is 15.3 Å². The standard InChI is InChI=1S/C17H11IN2O6S/c18-14-4-2-10(26-14)6-13-16(22)20(17(23)27-13)7-15(21)19-9-1-3-11-12(5-9)25-8-24-11/h1-6H,7-8H2,(H,19,21)/b13-6+. The van der Waals surface area contributed by atoms with Crippen LogP contribution in [0.25, 0.3) is 6.08 Å². The molecule has 3 heterocycles. The Morgan fingerprint density at radius 1 is 1.22 bits per heavy atom. The molecule has 10 heteroatoms. The van der Waals surface area contributed by atoms with Crippen molar-refractivity contribution in [1.29, 1.82) is 0 Å². The van der Waals surface area contributed by atoms with E-state index in [1.165, 1.54) is 6.08 Å². The highest BCUT2D eigenvalue weighted by molar-refractivity contribution is 14.1. The first-order chi connectivity index (χ1) is 13.0. The summed E-state index contributed by atoms with van der Waals surface area (Å²) in [5.41, 5.74) is 0.483. The average molecular weight is 498 g/mol. The molecule has 0 aliphatic carbocycles. The number of anilines is 1. The number of carbonyl (C=O) groups is 3. The smallest absolute Gasteiger partial charge is 0.294 e. The molecular formula is C17H11IN2O6S. The number of nitrogens with zero attached hydrogens (tertiary/aromatic N) is 1. The predicted octanol–water partition coefficient (Wildman–Crippen LogP) is 3.29. The van der Waals surface area contributed by atoms with Gasteiger partial charge in [-0.15, -0.1) is 0 Å². The lowest BCUT2D eigenvalue weighted by atomic mass is 10.2. The van der Waals surface area contributed by atoms with Crippen molar-refractivity contribution in [2.24, 2.45) is 0 Å². The Morgan fingerprint density at radius 3 is 2.81 bits per heavy atom. The van der Waals surface area contributed by atoms with Gasteiger partial charge in [-0.25, -0.2) is 0 Å². The first kappa shape index (κ1) is 17.9. The number of fused-ring (bicyclic) bond motifs is 1. The van der Waals surface area contributed by atoms with Crippen LogP contribution in [0.3, 0.4) is 0 Å². The van der Waals surface area contributed by atoms with Crippen LogP contribution in [-0.4, -0.2) is 35.3 Å². The fourth-order valence-electron chi connectivity index (χ4n) is 2.49. The molecule has 3 amide bonds. The van der Waals surface area contributed by atoms with Crippen molar-refractivity contribution in [3.05, 3.63) is 44.8 Å². The van der Waals surface area contributed by atoms with Crippen LogP contribution in [0, 0.1) is 3.77 Å². The van der Waals surface area contributed by atoms with E-state index in [0.717, 1.165) is 16.7 Å². The number of halogens is 1. The summed E-state index contributed by atoms with van der Waals surface area (Å²) in [5, 5.41) is 2.13. The van der Waals surface area contributed by atoms with Crippen molar-refractivity contribution < 1.29 is 28.3 Å². The summed E-state index contributed by atoms with van der Waals surface area (Å²) in [6.45, 7) is -0.253. The number of furan rings is 1. The molecular weight excluding hydrogens is 487 g/mol. The zero-order valence-corrected chi connectivity index (χ0v) is 16.5. The number of hydrogen-bond acceptors (Lipinski definition) is 7. The van der Waals surface area contributed by atoms with Crippen LogP contribution in [0.15, 0.2) is 39.7 Å². The predicted molar refractivity (Wildman–Crippen MR) is 105 cm³/mol. The lowest BCUT2D eigenvalue weighted by Crippen LogP contribution is -2.36. The highest BCUT2D eigenvalue weighted by Gasteiger charge is 2.36. The SMILES string of the molecule is O=C(CN1C(=O)S/C(=C/c2ccc(I)o2)C1=O)Nc1ccc2c(c1)OCO2. The van der Waals surface area contributed by atoms with Crippen LogP contribution in [0.5, 0.6) is 11.5 Å². The number of nitrogens with one attached hydrogen (secondary N) is 1. The van der Waals surface area contributed by atoms with Crippen LogP contribution in [0.4, 0.5) is 10.5 Å². The third kappa shape index (κ3) is 3.81. The highest BCUT2D eigenvalue weighted by atomic mass is 127. The van der Waals surface area contributed by atoms with Gasteiger partial charge in [0.05, 0.1) is 4.91 Å². The van der Waals surface area contributed by atoms with Crippen molar-refractivity contribution >= 4 is 63.2 Å². The fourth-order valence-corrected chi connectivity index (χ4v) is 3.74. The third-order valence-electron chi connectivity index (χ3n) is 3.70. The topological polar surface area (TPSA) is 98.1 Å². The molecule has 0 bridgehead atoms. The summed E-state index contributed by atoms with van der Waals surface area (Å²) in [7, 11) is 0. The van der Waals surface area contributed by atoms with Crippen molar-refractivity contribution in [3.63, 3.8) is 0 Å². The van der Waals surface area contributed by atoms with Crippen molar-refractivity contribution in [1.82, 2.24) is 4.90 Å². The number of imide groups is 1. The molecule has 0 saturated carbocycles. The highest BCUT2D eigenvalue weighted by Crippen LogP contribution is 2.35. The van der Waals surface area contributed by atoms with Gasteiger partial charge in [-0.2, -0.15) is 0 Å². The summed E-state index contributed by atoms with van der Waals surface area (Å²) in [6, 6.07) is 8.38. The van der Waals surface area contributed by atoms with Gasteiger partial charge in [0.25, 0.3) is 11.1 Å². The molecule has 27 heavy (non-hydrogen) atoms. The molecule has 4 rings (SSSR count). The number of ether oxygens (including phenoxy) is 2. The molecule has 2 aliphatic heterocycles. The van der Waals surface area contributed by atoms with E-state index in [-0.39, 0.29) is 18.2 Å². The minimum atomic E-state index is -0.530. The van der Waals surface area contributed by atoms with Gasteiger partial charge in [-0.05, 0) is 58.6 Å². The quantitative estimate of drug-likeness (QED) is 0.511. The summed E-state index contributed by atoms with van der Waals surface area (Å²) >= 11 is 2.77. The Labute approximate surface area is 171 Å². The normalized spacial score (nSPS) is 17.1. The third-order valence-corrected chi connectivity index (χ3v) is 5.19. The molecule has 1 N–H and O–H groups in total. The van der Waals surface area contributed by atoms with Gasteiger partial charge in [0.1, 0.15) is 12.3 Å². The summed E-state index contributed by atoms with van der Waals surface area (Å²) in [6.07, 6.45) is 1.49. The molecule has 1 fully saturated rings. The maximum absolute atomic E-state index is 12.4. The minimum absolute atomic E-state index is 0.130. The van der Waals surface area contributed by atoms with Crippen LogP contribution >= 0.6 is 34.4 Å². The van der Waals surface area contributed by atoms with Crippen LogP contribution in [0.2, 0.25) is 0 Å². The van der Waals surface area contributed by atoms with E-state index in [0.29, 0.717) is 26.7 Å². The number of hydrogen-bond donors (Lipinski definition) is 1. The maximum Gasteiger partial charge on any atom is 0.294 e. The molecule has 0 radical (unpaired) electrons. The van der Waals surface area contributed by atoms with Gasteiger partial charge < -0.3 is 19.2 Å². The first-order valence-corrected chi connectivity index (χ1v) is 9.59. The molecule has 1 saturated heterocycles. The van der Waals surface area contributed by atoms with Crippen LogP contribution < -0.4 is 14.8 Å². The van der Waals surface area contributed by atoms with Crippen molar-refractivity contribution in [2.75, 3.05) is 18.7 Å². The van der Waals surface area contributed by atoms with Crippen LogP contribution in [0.1, 0.15) is 5.76 Å². The second-order valence-electron chi connectivity index (χ2n) is 5.53. The van der Waals surface area contributed by atoms with E-state index in [9.17, 15) is 14.4 Å². The zero-order valence-electron chi connectivity index (χ0n) is 13.6. The van der Waals surface area contributed by atoms with Gasteiger partial charge in [0, 0.05) is 17.8 Å². The Bertz CT molecular complexity index is 986. The molecule has 8 nitrogen and oxygen atoms in total. The largest absolute Gasteiger partial charge is 0.454 e. The first-order valence-electron chi connectivity index (χ1n) is 7.70. The van der Waals surface area contributed by atoms with E-state index < -0.39 is 17.1 Å². The van der Waals surface area contributed by atoms with Gasteiger partial charge >= 0.3 is 0 Å². The number of amides is 3. The zero-order chi connectivity index (χ0) is 19.0. The number of benzene rings is 1. The summed E-state index contributed by atoms with van der Waals surface area (Å²) < 4.78 is 16.5. The van der Waals surface area contributed by atoms with E-state index >= 15 is 0 Å². The molecule has 2 aliphatic rings. The number of thioether (sulfide) groups is 1. The Kier molecular flexibility index (Phi) is 4.83. The summed E-state index contributed by atoms with van der Waals surface area (Å²) in [5.74, 6) is 0.559. The second-order valence-corrected chi connectivity index (χ2v) is 7.58. The molecule has 0 spiro atoms. The van der Waals surface area contributed by atoms with E-state index in [2.05, 4.69) is 5.32 Å². The van der Waals surface area contributed by atoms with Gasteiger partial charge in [-0.3, -0.25) is 19.3 Å². The fraction of sp³-hybridized carbons (Fsp3) is 0.118. The van der Waals surface area contributed by atoms with Crippen LogP contribution in [-0.2, 0) is 9.59 Å². The lowest BCUT2D eigenvalue weighted by Gasteiger charge is -2.12. The van der Waals surface area contributed by atoms with E-state index in [1.54, 1.807) is 30.3 Å². The van der Waals surface area contributed by atoms with E-state index in [1.807, 2.05) is 22.6 Å². The van der Waals surface area contributed by atoms with Gasteiger partial charge in [0.2, 0.25) is 12.7 Å². The van der Waals surface area contributed by atoms with E-state index in [4.69, 9.17) is 13.9 Å². The molecule has 138 valence electrons. The second kappa shape index (κ2) is 7.27. The van der Waals surface area contributed by atoms with Crippen molar-refractivity contribution in [2.45, 2.75) is 0 Å². The molecule has 0 atom stereocenters. The Hall–Kier alpha value is -2.47. The monoisotopic (exact) mass is 498 g/mol. The lowest BCUT2D eigenvalue weighted by molar-refractivity contribution is -0.127. The van der Waals surface area contributed by atoms with Gasteiger partial charge in [-0.1, -0.05) is 0 Å². The maximum atomic E-state index is 12.4. The Morgan fingerprint density at radius 2 is 2.04 bits per heavy atom. The molecule has 1 aromatic carbocycles. The molecule has 0 unspecified atom stereocenters. The number of rotatable bonds is 4. The van der Waals surface area contributed by atoms with Crippen molar-refractivity contribution in [3.8, 4) is 11.5 Å². The minimum Gasteiger partial charge on any atom is -0.454 e. The summed E-state index contributed by atoms with van der Waals surface area (Å²) in [4.78, 5) is 37.9. The molecule has 1 aromatic heterocycles. The number of carbonyl (C=O) groups excluding carboxylic acids is 3.